The van der Waals surface area contributed by atoms with Gasteiger partial charge in [-0.15, -0.1) is 0 Å². The van der Waals surface area contributed by atoms with E-state index in [1.807, 2.05) is 0 Å². The van der Waals surface area contributed by atoms with E-state index in [0.29, 0.717) is 22.6 Å². The van der Waals surface area contributed by atoms with Gasteiger partial charge in [-0.25, -0.2) is 0 Å². The summed E-state index contributed by atoms with van der Waals surface area (Å²) < 4.78 is 10.7. The Morgan fingerprint density at radius 2 is 1.65 bits per heavy atom. The zero-order valence-corrected chi connectivity index (χ0v) is 18.3. The van der Waals surface area contributed by atoms with Crippen LogP contribution < -0.4 is 14.4 Å². The van der Waals surface area contributed by atoms with Crippen molar-refractivity contribution in [1.29, 1.82) is 0 Å². The van der Waals surface area contributed by atoms with E-state index in [9.17, 15) is 24.8 Å². The largest absolute Gasteiger partial charge is 0.507 e. The van der Waals surface area contributed by atoms with Crippen LogP contribution in [0.5, 0.6) is 11.5 Å². The summed E-state index contributed by atoms with van der Waals surface area (Å²) in [5.41, 5.74) is 0.553. The highest BCUT2D eigenvalue weighted by Crippen LogP contribution is 2.44. The van der Waals surface area contributed by atoms with Crippen LogP contribution in [0.15, 0.2) is 78.4 Å². The van der Waals surface area contributed by atoms with E-state index in [1.165, 1.54) is 38.5 Å². The summed E-state index contributed by atoms with van der Waals surface area (Å²) in [7, 11) is 2.92. The number of ketones is 1. The molecular weight excluding hydrogens is 440 g/mol. The molecule has 0 aromatic heterocycles. The van der Waals surface area contributed by atoms with E-state index in [0.717, 1.165) is 4.90 Å². The van der Waals surface area contributed by atoms with E-state index in [2.05, 4.69) is 0 Å². The number of hydrogen-bond donors (Lipinski definition) is 1. The summed E-state index contributed by atoms with van der Waals surface area (Å²) in [4.78, 5) is 38.3. The number of amides is 1. The molecule has 3 aromatic rings. The van der Waals surface area contributed by atoms with Crippen LogP contribution in [0.1, 0.15) is 17.2 Å². The molecule has 1 N–H and O–H groups in total. The minimum atomic E-state index is -1.07. The normalized spacial score (nSPS) is 17.0. The smallest absolute Gasteiger partial charge is 0.300 e. The van der Waals surface area contributed by atoms with Gasteiger partial charge < -0.3 is 14.6 Å². The Morgan fingerprint density at radius 3 is 2.29 bits per heavy atom. The van der Waals surface area contributed by atoms with Gasteiger partial charge in [-0.05, 0) is 23.8 Å². The first kappa shape index (κ1) is 22.5. The van der Waals surface area contributed by atoms with Crippen LogP contribution in [0.25, 0.3) is 5.76 Å². The molecular formula is C25H20N2O7. The Bertz CT molecular complexity index is 1320. The van der Waals surface area contributed by atoms with E-state index in [4.69, 9.17) is 9.47 Å². The van der Waals surface area contributed by atoms with Crippen molar-refractivity contribution in [3.63, 3.8) is 0 Å². The molecule has 1 atom stereocenters. The highest BCUT2D eigenvalue weighted by atomic mass is 16.6. The zero-order chi connectivity index (χ0) is 24.4. The third kappa shape index (κ3) is 3.83. The van der Waals surface area contributed by atoms with E-state index in [-0.39, 0.29) is 22.7 Å². The number of anilines is 1. The summed E-state index contributed by atoms with van der Waals surface area (Å²) in [6.07, 6.45) is 0. The quantitative estimate of drug-likeness (QED) is 0.192. The molecule has 1 fully saturated rings. The molecule has 0 saturated carbocycles. The molecule has 4 rings (SSSR count). The fourth-order valence-corrected chi connectivity index (χ4v) is 3.95. The molecule has 1 aliphatic rings. The minimum Gasteiger partial charge on any atom is -0.507 e. The second kappa shape index (κ2) is 9.07. The number of methoxy groups -OCH3 is 2. The monoisotopic (exact) mass is 460 g/mol. The first-order chi connectivity index (χ1) is 16.4. The van der Waals surface area contributed by atoms with E-state index < -0.39 is 22.7 Å². The number of nitrogens with zero attached hydrogens (tertiary/aromatic N) is 2. The average molecular weight is 460 g/mol. The molecule has 1 saturated heterocycles. The van der Waals surface area contributed by atoms with Crippen molar-refractivity contribution in [3.8, 4) is 11.5 Å². The molecule has 34 heavy (non-hydrogen) atoms. The molecule has 0 radical (unpaired) electrons. The number of aliphatic hydroxyl groups is 1. The van der Waals surface area contributed by atoms with Crippen LogP contribution in [0.2, 0.25) is 0 Å². The summed E-state index contributed by atoms with van der Waals surface area (Å²) in [6.45, 7) is 0. The summed E-state index contributed by atoms with van der Waals surface area (Å²) in [5.74, 6) is -1.40. The van der Waals surface area contributed by atoms with Crippen LogP contribution >= 0.6 is 0 Å². The maximum atomic E-state index is 13.2. The highest BCUT2D eigenvalue weighted by molar-refractivity contribution is 6.51. The zero-order valence-electron chi connectivity index (χ0n) is 18.3. The van der Waals surface area contributed by atoms with Gasteiger partial charge in [-0.3, -0.25) is 24.6 Å². The predicted octanol–water partition coefficient (Wildman–Crippen LogP) is 4.24. The molecule has 172 valence electrons. The number of nitro benzene ring substituents is 1. The van der Waals surface area contributed by atoms with Crippen LogP contribution in [0.3, 0.4) is 0 Å². The number of non-ortho nitro benzene ring substituents is 1. The second-order valence-corrected chi connectivity index (χ2v) is 7.43. The van der Waals surface area contributed by atoms with Crippen molar-refractivity contribution in [3.05, 3.63) is 99.6 Å². The molecule has 0 aliphatic carbocycles. The molecule has 9 nitrogen and oxygen atoms in total. The maximum absolute atomic E-state index is 13.2. The highest BCUT2D eigenvalue weighted by Gasteiger charge is 2.47. The number of Topliss-reactive ketones (excluding diaryl/α,β-unsaturated/α-hetero) is 1. The first-order valence-electron chi connectivity index (χ1n) is 10.2. The lowest BCUT2D eigenvalue weighted by Gasteiger charge is -2.26. The summed E-state index contributed by atoms with van der Waals surface area (Å²) in [5, 5.41) is 22.4. The lowest BCUT2D eigenvalue weighted by Crippen LogP contribution is -2.29. The van der Waals surface area contributed by atoms with Gasteiger partial charge in [-0.2, -0.15) is 0 Å². The molecule has 1 amide bonds. The van der Waals surface area contributed by atoms with Gasteiger partial charge in [0, 0.05) is 17.7 Å². The number of ether oxygens (including phenoxy) is 2. The van der Waals surface area contributed by atoms with Crippen molar-refractivity contribution in [2.24, 2.45) is 0 Å². The third-order valence-corrected chi connectivity index (χ3v) is 5.53. The van der Waals surface area contributed by atoms with E-state index >= 15 is 0 Å². The van der Waals surface area contributed by atoms with Gasteiger partial charge in [0.2, 0.25) is 0 Å². The van der Waals surface area contributed by atoms with Crippen molar-refractivity contribution in [2.45, 2.75) is 6.04 Å². The number of benzene rings is 3. The number of hydrogen-bond acceptors (Lipinski definition) is 7. The predicted molar refractivity (Wildman–Crippen MR) is 124 cm³/mol. The Labute approximate surface area is 194 Å². The molecule has 0 bridgehead atoms. The molecule has 9 heteroatoms. The molecule has 3 aromatic carbocycles. The van der Waals surface area contributed by atoms with Crippen LogP contribution in [-0.2, 0) is 9.59 Å². The van der Waals surface area contributed by atoms with Gasteiger partial charge in [0.1, 0.15) is 5.76 Å². The first-order valence-corrected chi connectivity index (χ1v) is 10.2. The Balaban J connectivity index is 1.98. The fraction of sp³-hybridized carbons (Fsp3) is 0.120. The second-order valence-electron chi connectivity index (χ2n) is 7.43. The minimum absolute atomic E-state index is 0.142. The molecule has 0 unspecified atom stereocenters. The number of rotatable bonds is 6. The molecule has 1 aliphatic heterocycles. The Hall–Kier alpha value is -4.66. The van der Waals surface area contributed by atoms with Crippen molar-refractivity contribution >= 4 is 28.8 Å². The summed E-state index contributed by atoms with van der Waals surface area (Å²) >= 11 is 0. The van der Waals surface area contributed by atoms with Gasteiger partial charge >= 0.3 is 0 Å². The SMILES string of the molecule is COc1ccc([C@H]2C(=C(O)c3ccccc3)C(=O)C(=O)N2c2cccc([N+](=O)[O-])c2)cc1OC. The van der Waals surface area contributed by atoms with Gasteiger partial charge in [0.25, 0.3) is 17.4 Å². The number of carbonyl (C=O) groups excluding carboxylic acids is 2. The summed E-state index contributed by atoms with van der Waals surface area (Å²) in [6, 6.07) is 17.6. The topological polar surface area (TPSA) is 119 Å². The van der Waals surface area contributed by atoms with Gasteiger partial charge in [0.15, 0.2) is 11.5 Å². The molecule has 0 spiro atoms. The number of carbonyl (C=O) groups is 2. The van der Waals surface area contributed by atoms with Crippen molar-refractivity contribution < 1.29 is 29.1 Å². The lowest BCUT2D eigenvalue weighted by atomic mass is 9.94. The number of aliphatic hydroxyl groups excluding tert-OH is 1. The average Bonchev–Trinajstić information content (AvgIpc) is 3.13. The van der Waals surface area contributed by atoms with Gasteiger partial charge in [0.05, 0.1) is 36.4 Å². The third-order valence-electron chi connectivity index (χ3n) is 5.53. The van der Waals surface area contributed by atoms with Crippen LogP contribution in [0, 0.1) is 10.1 Å². The number of nitro groups is 1. The fourth-order valence-electron chi connectivity index (χ4n) is 3.95. The standard InChI is InChI=1S/C25H20N2O7/c1-33-19-12-11-16(13-20(19)34-2)22-21(23(28)15-7-4-3-5-8-15)24(29)25(30)26(22)17-9-6-10-18(14-17)27(31)32/h3-14,22,28H,1-2H3/t22-/m0/s1. The lowest BCUT2D eigenvalue weighted by molar-refractivity contribution is -0.384. The van der Waals surface area contributed by atoms with Gasteiger partial charge in [-0.1, -0.05) is 42.5 Å². The van der Waals surface area contributed by atoms with Crippen molar-refractivity contribution in [1.82, 2.24) is 0 Å². The molecule has 1 heterocycles. The maximum Gasteiger partial charge on any atom is 0.300 e. The Kier molecular flexibility index (Phi) is 6.01. The van der Waals surface area contributed by atoms with E-state index in [1.54, 1.807) is 48.5 Å². The van der Waals surface area contributed by atoms with Crippen molar-refractivity contribution in [2.75, 3.05) is 19.1 Å². The van der Waals surface area contributed by atoms with Crippen LogP contribution in [0.4, 0.5) is 11.4 Å². The Morgan fingerprint density at radius 1 is 0.941 bits per heavy atom. The van der Waals surface area contributed by atoms with Crippen LogP contribution in [-0.4, -0.2) is 35.9 Å².